The van der Waals surface area contributed by atoms with Gasteiger partial charge in [-0.25, -0.2) is 0 Å². The molecule has 43 heavy (non-hydrogen) atoms. The van der Waals surface area contributed by atoms with Crippen molar-refractivity contribution in [1.82, 2.24) is 10.2 Å². The Morgan fingerprint density at radius 1 is 1.02 bits per heavy atom. The molecule has 3 aliphatic heterocycles. The number of hydrogen-bond acceptors (Lipinski definition) is 7. The number of amides is 1. The quantitative estimate of drug-likeness (QED) is 0.363. The van der Waals surface area contributed by atoms with E-state index in [1.54, 1.807) is 7.11 Å². The van der Waals surface area contributed by atoms with Crippen LogP contribution in [0.3, 0.4) is 0 Å². The monoisotopic (exact) mass is 591 g/mol. The van der Waals surface area contributed by atoms with Gasteiger partial charge in [0.15, 0.2) is 0 Å². The van der Waals surface area contributed by atoms with Crippen LogP contribution in [0.5, 0.6) is 11.5 Å². The highest BCUT2D eigenvalue weighted by atomic mass is 16.5. The molecule has 2 aromatic carbocycles. The molecule has 1 amide bonds. The van der Waals surface area contributed by atoms with Crippen molar-refractivity contribution >= 4 is 11.6 Å². The number of ether oxygens (including phenoxy) is 4. The predicted molar refractivity (Wildman–Crippen MR) is 168 cm³/mol. The molecule has 1 aliphatic carbocycles. The summed E-state index contributed by atoms with van der Waals surface area (Å²) in [6, 6.07) is 15.0. The summed E-state index contributed by atoms with van der Waals surface area (Å²) in [6.07, 6.45) is 8.88. The van der Waals surface area contributed by atoms with E-state index < -0.39 is 0 Å². The summed E-state index contributed by atoms with van der Waals surface area (Å²) in [5.41, 5.74) is 3.62. The number of fused-ring (bicyclic) bond motifs is 1. The normalized spacial score (nSPS) is 24.4. The number of nitrogens with one attached hydrogen (secondary N) is 1. The van der Waals surface area contributed by atoms with Gasteiger partial charge in [-0.2, -0.15) is 0 Å². The molecule has 4 aliphatic rings. The fraction of sp³-hybridized carbons (Fsp3) is 0.629. The molecule has 0 radical (unpaired) electrons. The van der Waals surface area contributed by atoms with E-state index in [1.165, 1.54) is 30.4 Å². The highest BCUT2D eigenvalue weighted by Gasteiger charge is 2.33. The van der Waals surface area contributed by atoms with Crippen molar-refractivity contribution in [3.63, 3.8) is 0 Å². The highest BCUT2D eigenvalue weighted by molar-refractivity contribution is 5.79. The molecule has 3 heterocycles. The van der Waals surface area contributed by atoms with Crippen molar-refractivity contribution in [2.75, 3.05) is 64.5 Å². The molecule has 1 N–H and O–H groups in total. The van der Waals surface area contributed by atoms with Crippen molar-refractivity contribution in [1.29, 1.82) is 0 Å². The van der Waals surface area contributed by atoms with Gasteiger partial charge in [0, 0.05) is 51.6 Å². The minimum absolute atomic E-state index is 0.0753. The van der Waals surface area contributed by atoms with Gasteiger partial charge in [-0.3, -0.25) is 4.79 Å². The van der Waals surface area contributed by atoms with Crippen molar-refractivity contribution in [2.45, 2.75) is 76.1 Å². The number of methoxy groups -OCH3 is 1. The average molecular weight is 592 g/mol. The number of nitrogens with zero attached hydrogens (tertiary/aromatic N) is 2. The molecule has 0 aromatic heterocycles. The molecule has 234 valence electrons. The van der Waals surface area contributed by atoms with E-state index in [9.17, 15) is 4.79 Å². The minimum Gasteiger partial charge on any atom is -0.490 e. The van der Waals surface area contributed by atoms with Crippen LogP contribution in [0.2, 0.25) is 0 Å². The van der Waals surface area contributed by atoms with Gasteiger partial charge in [-0.15, -0.1) is 0 Å². The number of carbonyl (C=O) groups is 1. The van der Waals surface area contributed by atoms with E-state index >= 15 is 0 Å². The third-order valence-electron chi connectivity index (χ3n) is 9.67. The topological polar surface area (TPSA) is 72.5 Å². The van der Waals surface area contributed by atoms with Crippen LogP contribution in [0.25, 0.3) is 0 Å². The summed E-state index contributed by atoms with van der Waals surface area (Å²) < 4.78 is 24.1. The van der Waals surface area contributed by atoms with Gasteiger partial charge in [0.2, 0.25) is 5.91 Å². The molecule has 0 unspecified atom stereocenters. The first-order valence-corrected chi connectivity index (χ1v) is 16.6. The largest absolute Gasteiger partial charge is 0.490 e. The molecule has 8 nitrogen and oxygen atoms in total. The lowest BCUT2D eigenvalue weighted by atomic mass is 9.87. The van der Waals surface area contributed by atoms with E-state index in [0.717, 1.165) is 88.6 Å². The van der Waals surface area contributed by atoms with Gasteiger partial charge >= 0.3 is 0 Å². The third-order valence-corrected chi connectivity index (χ3v) is 9.67. The number of piperidine rings is 1. The van der Waals surface area contributed by atoms with Gasteiger partial charge in [-0.05, 0) is 67.6 Å². The maximum Gasteiger partial charge on any atom is 0.225 e. The lowest BCUT2D eigenvalue weighted by Gasteiger charge is -2.33. The molecular formula is C35H49N3O5. The number of likely N-dealkylation sites (tertiary alicyclic amines) is 1. The number of anilines is 1. The van der Waals surface area contributed by atoms with Gasteiger partial charge < -0.3 is 34.1 Å². The fourth-order valence-electron chi connectivity index (χ4n) is 7.25. The second kappa shape index (κ2) is 14.8. The van der Waals surface area contributed by atoms with Crippen molar-refractivity contribution < 1.29 is 23.7 Å². The van der Waals surface area contributed by atoms with Crippen LogP contribution in [-0.4, -0.2) is 82.6 Å². The Morgan fingerprint density at radius 3 is 2.72 bits per heavy atom. The van der Waals surface area contributed by atoms with E-state index in [-0.39, 0.29) is 18.1 Å². The first-order chi connectivity index (χ1) is 21.2. The second-order valence-corrected chi connectivity index (χ2v) is 12.6. The lowest BCUT2D eigenvalue weighted by molar-refractivity contribution is -0.135. The SMILES string of the molecule is COCCCN1CCOc2ccc(CO[C@H]3CNCC[C@@H]3c3ccc(O[C@H]4CCN(C(=O)C5CCCCC5)C4)cc3)cc21. The van der Waals surface area contributed by atoms with Crippen molar-refractivity contribution in [2.24, 2.45) is 5.92 Å². The van der Waals surface area contributed by atoms with Crippen molar-refractivity contribution in [3.05, 3.63) is 53.6 Å². The summed E-state index contributed by atoms with van der Waals surface area (Å²) in [7, 11) is 1.75. The lowest BCUT2D eigenvalue weighted by Crippen LogP contribution is -2.41. The van der Waals surface area contributed by atoms with Crippen LogP contribution in [0, 0.1) is 5.92 Å². The fourth-order valence-corrected chi connectivity index (χ4v) is 7.25. The van der Waals surface area contributed by atoms with Gasteiger partial charge in [0.25, 0.3) is 0 Å². The molecule has 3 fully saturated rings. The molecule has 1 saturated carbocycles. The van der Waals surface area contributed by atoms with Crippen LogP contribution in [0.1, 0.15) is 68.4 Å². The first-order valence-electron chi connectivity index (χ1n) is 16.6. The third kappa shape index (κ3) is 7.65. The second-order valence-electron chi connectivity index (χ2n) is 12.6. The Labute approximate surface area is 257 Å². The Balaban J connectivity index is 1.02. The van der Waals surface area contributed by atoms with E-state index in [0.29, 0.717) is 31.6 Å². The number of rotatable bonds is 11. The predicted octanol–water partition coefficient (Wildman–Crippen LogP) is 5.14. The first kappa shape index (κ1) is 30.2. The number of carbonyl (C=O) groups excluding carboxylic acids is 1. The summed E-state index contributed by atoms with van der Waals surface area (Å²) in [4.78, 5) is 17.4. The standard InChI is InChI=1S/C35H49N3O5/c1-40-20-5-17-37-19-21-41-33-13-8-26(22-32(33)37)25-42-34-23-36-16-14-31(34)27-9-11-29(12-10-27)43-30-15-18-38(24-30)35(39)28-6-3-2-4-7-28/h8-13,22,28,30-31,34,36H,2-7,14-21,23-25H2,1H3/t30-,31+,34-/m0/s1. The Bertz CT molecular complexity index is 1180. The van der Waals surface area contributed by atoms with Gasteiger partial charge in [0.05, 0.1) is 31.5 Å². The molecule has 3 atom stereocenters. The highest BCUT2D eigenvalue weighted by Crippen LogP contribution is 2.35. The maximum atomic E-state index is 13.0. The van der Waals surface area contributed by atoms with E-state index in [2.05, 4.69) is 52.7 Å². The van der Waals surface area contributed by atoms with E-state index in [1.807, 2.05) is 4.90 Å². The van der Waals surface area contributed by atoms with Crippen LogP contribution in [0.15, 0.2) is 42.5 Å². The summed E-state index contributed by atoms with van der Waals surface area (Å²) in [6.45, 7) is 7.26. The van der Waals surface area contributed by atoms with Crippen LogP contribution < -0.4 is 19.7 Å². The maximum absolute atomic E-state index is 13.0. The average Bonchev–Trinajstić information content (AvgIpc) is 3.53. The molecular weight excluding hydrogens is 542 g/mol. The number of hydrogen-bond donors (Lipinski definition) is 1. The van der Waals surface area contributed by atoms with Crippen LogP contribution in [0.4, 0.5) is 5.69 Å². The van der Waals surface area contributed by atoms with Crippen LogP contribution >= 0.6 is 0 Å². The molecule has 6 rings (SSSR count). The molecule has 0 bridgehead atoms. The molecule has 0 spiro atoms. The Hall–Kier alpha value is -2.81. The zero-order valence-corrected chi connectivity index (χ0v) is 25.8. The summed E-state index contributed by atoms with van der Waals surface area (Å²) >= 11 is 0. The van der Waals surface area contributed by atoms with E-state index in [4.69, 9.17) is 18.9 Å². The molecule has 2 saturated heterocycles. The van der Waals surface area contributed by atoms with Gasteiger partial charge in [0.1, 0.15) is 24.2 Å². The summed E-state index contributed by atoms with van der Waals surface area (Å²) in [5, 5.41) is 3.53. The minimum atomic E-state index is 0.0753. The molecule has 8 heteroatoms. The zero-order chi connectivity index (χ0) is 29.4. The smallest absolute Gasteiger partial charge is 0.225 e. The zero-order valence-electron chi connectivity index (χ0n) is 25.8. The molecule has 2 aromatic rings. The van der Waals surface area contributed by atoms with Crippen molar-refractivity contribution in [3.8, 4) is 11.5 Å². The summed E-state index contributed by atoms with van der Waals surface area (Å²) in [5.74, 6) is 2.75. The van der Waals surface area contributed by atoms with Crippen LogP contribution in [-0.2, 0) is 20.9 Å². The number of benzene rings is 2. The Kier molecular flexibility index (Phi) is 10.4. The van der Waals surface area contributed by atoms with Gasteiger partial charge in [-0.1, -0.05) is 37.5 Å². The Morgan fingerprint density at radius 2 is 1.88 bits per heavy atom.